The van der Waals surface area contributed by atoms with Crippen molar-refractivity contribution in [3.8, 4) is 0 Å². The van der Waals surface area contributed by atoms with Crippen LogP contribution in [0.3, 0.4) is 0 Å². The molecule has 1 unspecified atom stereocenters. The van der Waals surface area contributed by atoms with Crippen LogP contribution < -0.4 is 32.0 Å². The number of nitrogens with one attached hydrogen (secondary N) is 5. The Bertz CT molecular complexity index is 3030. The number of aromatic amines is 3. The molecule has 5 atom stereocenters. The van der Waals surface area contributed by atoms with Crippen LogP contribution in [0.5, 0.6) is 0 Å². The minimum atomic E-state index is -1.69. The molecule has 9 N–H and O–H groups in total. The van der Waals surface area contributed by atoms with E-state index in [1.165, 1.54) is 20.3 Å². The number of carbonyl (C=O) groups is 8. The third kappa shape index (κ3) is 9.74. The molecule has 2 amide bonds. The second-order valence-electron chi connectivity index (χ2n) is 16.9. The molecule has 358 valence electrons. The summed E-state index contributed by atoms with van der Waals surface area (Å²) >= 11 is 0. The largest absolute Gasteiger partial charge is 0.481 e. The Morgan fingerprint density at radius 2 is 1.31 bits per heavy atom. The SMILES string of the molecule is C=Cc1c(C)/c2[nH]c1=Cc1[nH]c(c(CCC(=O)N[C@@H](CC(=O)O)C(=O)O)c1C)C=c1[nH]c(c(C)c1CCC(=O)N[C@@H](CC(=O)O)C(=O)O)=CC1=NC(\C=2)C2=CC=C(C(=O)OC)[C@@H](C(=O)OC)[C@]21C. The Kier molecular flexibility index (Phi) is 14.4. The van der Waals surface area contributed by atoms with Crippen LogP contribution in [0.4, 0.5) is 0 Å². The van der Waals surface area contributed by atoms with Gasteiger partial charge in [-0.25, -0.2) is 14.4 Å². The van der Waals surface area contributed by atoms with Crippen LogP contribution >= 0.6 is 0 Å². The highest BCUT2D eigenvalue weighted by atomic mass is 16.5. The van der Waals surface area contributed by atoms with E-state index in [0.717, 1.165) is 11.1 Å². The van der Waals surface area contributed by atoms with Crippen molar-refractivity contribution in [2.45, 2.75) is 84.3 Å². The molecule has 1 aliphatic carbocycles. The van der Waals surface area contributed by atoms with E-state index in [1.807, 2.05) is 26.0 Å². The van der Waals surface area contributed by atoms with Gasteiger partial charge >= 0.3 is 35.8 Å². The number of aromatic nitrogens is 3. The first-order valence-electron chi connectivity index (χ1n) is 21.4. The number of ether oxygens (including phenoxy) is 2. The summed E-state index contributed by atoms with van der Waals surface area (Å²) in [7, 11) is 2.43. The molecule has 68 heavy (non-hydrogen) atoms. The van der Waals surface area contributed by atoms with Gasteiger partial charge in [-0.1, -0.05) is 24.8 Å². The third-order valence-corrected chi connectivity index (χ3v) is 12.8. The van der Waals surface area contributed by atoms with Crippen LogP contribution in [-0.2, 0) is 60.7 Å². The summed E-state index contributed by atoms with van der Waals surface area (Å²) in [5, 5.41) is 44.5. The molecule has 0 saturated heterocycles. The van der Waals surface area contributed by atoms with Crippen molar-refractivity contribution in [2.24, 2.45) is 16.3 Å². The van der Waals surface area contributed by atoms with Crippen LogP contribution in [-0.4, -0.2) is 121 Å². The monoisotopic (exact) mass is 936 g/mol. The number of amides is 2. The second-order valence-corrected chi connectivity index (χ2v) is 16.9. The highest BCUT2D eigenvalue weighted by Gasteiger charge is 2.55. The molecule has 3 aromatic heterocycles. The number of esters is 2. The van der Waals surface area contributed by atoms with Gasteiger partial charge in [0.05, 0.1) is 44.1 Å². The van der Waals surface area contributed by atoms with Gasteiger partial charge in [0.25, 0.3) is 0 Å². The molecule has 6 rings (SSSR count). The van der Waals surface area contributed by atoms with E-state index in [2.05, 4.69) is 32.2 Å². The van der Waals surface area contributed by atoms with E-state index in [4.69, 9.17) is 14.5 Å². The van der Waals surface area contributed by atoms with Gasteiger partial charge in [0.1, 0.15) is 18.0 Å². The lowest BCUT2D eigenvalue weighted by molar-refractivity contribution is -0.149. The zero-order chi connectivity index (χ0) is 49.9. The van der Waals surface area contributed by atoms with E-state index in [0.29, 0.717) is 66.3 Å². The second kappa shape index (κ2) is 19.8. The van der Waals surface area contributed by atoms with Crippen molar-refractivity contribution in [1.82, 2.24) is 25.6 Å². The number of carboxylic acid groups (broad SMARTS) is 4. The maximum Gasteiger partial charge on any atom is 0.334 e. The zero-order valence-electron chi connectivity index (χ0n) is 38.1. The summed E-state index contributed by atoms with van der Waals surface area (Å²) in [5.41, 5.74) is 5.04. The number of rotatable bonds is 17. The Morgan fingerprint density at radius 3 is 1.85 bits per heavy atom. The smallest absolute Gasteiger partial charge is 0.334 e. The van der Waals surface area contributed by atoms with Gasteiger partial charge in [-0.15, -0.1) is 0 Å². The molecule has 2 aliphatic heterocycles. The van der Waals surface area contributed by atoms with Crippen LogP contribution in [0.25, 0.3) is 30.4 Å². The molecule has 20 heteroatoms. The van der Waals surface area contributed by atoms with Crippen LogP contribution in [0.2, 0.25) is 0 Å². The molecule has 0 saturated carbocycles. The summed E-state index contributed by atoms with van der Waals surface area (Å²) in [6.07, 6.45) is 10.1. The van der Waals surface area contributed by atoms with Crippen LogP contribution in [0, 0.1) is 32.1 Å². The van der Waals surface area contributed by atoms with Gasteiger partial charge in [0, 0.05) is 56.9 Å². The summed E-state index contributed by atoms with van der Waals surface area (Å²) < 4.78 is 10.4. The normalized spacial score (nSPS) is 19.3. The number of nitrogens with zero attached hydrogens (tertiary/aromatic N) is 1. The average molecular weight is 937 g/mol. The number of methoxy groups -OCH3 is 2. The minimum Gasteiger partial charge on any atom is -0.481 e. The minimum absolute atomic E-state index is 0.00204. The molecule has 0 aromatic carbocycles. The number of carbonyl (C=O) groups excluding carboxylic acids is 4. The van der Waals surface area contributed by atoms with E-state index in [1.54, 1.807) is 38.2 Å². The first-order chi connectivity index (χ1) is 32.1. The molecule has 20 nitrogen and oxygen atoms in total. The van der Waals surface area contributed by atoms with Gasteiger partial charge in [-0.3, -0.25) is 29.0 Å². The zero-order valence-corrected chi connectivity index (χ0v) is 38.1. The van der Waals surface area contributed by atoms with Crippen molar-refractivity contribution >= 4 is 83.7 Å². The maximum atomic E-state index is 13.9. The van der Waals surface area contributed by atoms with Crippen molar-refractivity contribution < 1.29 is 68.3 Å². The highest BCUT2D eigenvalue weighted by Crippen LogP contribution is 2.51. The highest BCUT2D eigenvalue weighted by molar-refractivity contribution is 6.20. The van der Waals surface area contributed by atoms with Crippen molar-refractivity contribution in [3.05, 3.63) is 96.0 Å². The Hall–Kier alpha value is -8.03. The number of carboxylic acids is 4. The summed E-state index contributed by atoms with van der Waals surface area (Å²) in [6.45, 7) is 11.4. The third-order valence-electron chi connectivity index (χ3n) is 12.8. The molecule has 3 aromatic rings. The lowest BCUT2D eigenvalue weighted by Gasteiger charge is -2.37. The van der Waals surface area contributed by atoms with E-state index < -0.39 is 89.9 Å². The molecule has 3 aliphatic rings. The number of fused-ring (bicyclic) bond motifs is 10. The van der Waals surface area contributed by atoms with Gasteiger partial charge in [-0.05, 0) is 98.2 Å². The number of aliphatic carboxylic acids is 4. The number of aliphatic imine (C=N–C) groups is 1. The van der Waals surface area contributed by atoms with Gasteiger partial charge in [0.15, 0.2) is 0 Å². The summed E-state index contributed by atoms with van der Waals surface area (Å²) in [4.78, 5) is 116. The van der Waals surface area contributed by atoms with Gasteiger partial charge in [0.2, 0.25) is 11.8 Å². The van der Waals surface area contributed by atoms with Crippen molar-refractivity contribution in [1.29, 1.82) is 0 Å². The molecule has 0 fully saturated rings. The number of hydrogen-bond acceptors (Lipinski definition) is 11. The Balaban J connectivity index is 1.61. The van der Waals surface area contributed by atoms with Crippen LogP contribution in [0.15, 0.2) is 34.9 Å². The van der Waals surface area contributed by atoms with E-state index in [9.17, 15) is 58.8 Å². The number of allylic oxidation sites excluding steroid dienone is 2. The van der Waals surface area contributed by atoms with Crippen molar-refractivity contribution in [2.75, 3.05) is 14.2 Å². The molecular weight excluding hydrogens is 885 g/mol. The Morgan fingerprint density at radius 1 is 0.735 bits per heavy atom. The number of H-pyrrole nitrogens is 3. The molecule has 8 bridgehead atoms. The fourth-order valence-electron chi connectivity index (χ4n) is 9.16. The lowest BCUT2D eigenvalue weighted by atomic mass is 9.63. The molecular formula is C48H52N6O14. The summed E-state index contributed by atoms with van der Waals surface area (Å²) in [6, 6.07) is -4.04. The van der Waals surface area contributed by atoms with Crippen molar-refractivity contribution in [3.63, 3.8) is 0 Å². The lowest BCUT2D eigenvalue weighted by Crippen LogP contribution is -2.45. The Labute approximate surface area is 387 Å². The first kappa shape index (κ1) is 49.4. The summed E-state index contributed by atoms with van der Waals surface area (Å²) in [5.74, 6) is -9.97. The van der Waals surface area contributed by atoms with Gasteiger partial charge in [-0.2, -0.15) is 0 Å². The molecule has 0 radical (unpaired) electrons. The molecule has 0 spiro atoms. The van der Waals surface area contributed by atoms with Crippen LogP contribution in [0.1, 0.15) is 77.4 Å². The number of hydrogen-bond donors (Lipinski definition) is 9. The first-order valence-corrected chi connectivity index (χ1v) is 21.4. The van der Waals surface area contributed by atoms with Gasteiger partial charge < -0.3 is 55.5 Å². The van der Waals surface area contributed by atoms with E-state index in [-0.39, 0.29) is 31.3 Å². The fraction of sp³-hybridized carbons (Fsp3) is 0.354. The quantitative estimate of drug-likeness (QED) is 0.0811. The topological polar surface area (TPSA) is 320 Å². The molecule has 5 heterocycles. The van der Waals surface area contributed by atoms with E-state index >= 15 is 0 Å². The maximum absolute atomic E-state index is 13.9. The predicted octanol–water partition coefficient (Wildman–Crippen LogP) is 0.0829. The fourth-order valence-corrected chi connectivity index (χ4v) is 9.16. The average Bonchev–Trinajstić information content (AvgIpc) is 3.93. The standard InChI is InChI=1S/C48H52N6O14/c1-8-24-21(2)30-16-35-28-12-9-27(46(65)67-6)43(47(66)68-7)48(28,5)38(52-35)18-31-23(4)26(11-14-40(56)54-37(45(63)64)20-42(59)60)34(51-31)17-33-25(22(3)29(50-33)15-32(24)49-30)10-13-39(55)53-36(44(61)62)19-41(57)58/h8-9,12,15-18,35-37,43,49-51H,1,10-11,13-14,19-20H2,2-7H3,(H,53,55)(H,54,56)(H,57,58)(H,59,60)(H,61,62)(H,63,64)/b30-16-,31-18?,32-15?,34-17?/t35?,36-,37-,43-,48+/m0/s1. The predicted molar refractivity (Wildman–Crippen MR) is 245 cm³/mol.